The normalized spacial score (nSPS) is 10.5. The first-order chi connectivity index (χ1) is 12.4. The minimum Gasteiger partial charge on any atom is -0.364 e. The van der Waals surface area contributed by atoms with Crippen LogP contribution in [0.3, 0.4) is 0 Å². The van der Waals surface area contributed by atoms with Crippen molar-refractivity contribution >= 4 is 17.5 Å². The number of carbonyl (C=O) groups is 2. The van der Waals surface area contributed by atoms with Gasteiger partial charge in [0, 0.05) is 24.5 Å². The molecule has 3 rings (SSSR count). The smallest absolute Gasteiger partial charge is 0.269 e. The standard InChI is InChI=1S/C17H14FN5O3/c18-12-9-11(23-7-2-1-3-16(23)25)4-5-13(12)20-15(24)10-22-8-6-14(21-22)17(19)26/h1-9H,10H2,(H2,19,26)(H,20,24). The number of primary amides is 1. The number of aromatic nitrogens is 3. The number of halogens is 1. The Morgan fingerprint density at radius 3 is 2.62 bits per heavy atom. The zero-order chi connectivity index (χ0) is 18.7. The number of rotatable bonds is 5. The average molecular weight is 355 g/mol. The van der Waals surface area contributed by atoms with E-state index in [4.69, 9.17) is 5.73 Å². The highest BCUT2D eigenvalue weighted by Gasteiger charge is 2.11. The molecule has 0 aliphatic carbocycles. The molecule has 9 heteroatoms. The second kappa shape index (κ2) is 7.01. The highest BCUT2D eigenvalue weighted by atomic mass is 19.1. The minimum absolute atomic E-state index is 0.0293. The van der Waals surface area contributed by atoms with Gasteiger partial charge >= 0.3 is 0 Å². The highest BCUT2D eigenvalue weighted by molar-refractivity contribution is 5.92. The molecule has 132 valence electrons. The SMILES string of the molecule is NC(=O)c1ccn(CC(=O)Nc2ccc(-n3ccccc3=O)cc2F)n1. The molecular formula is C17H14FN5O3. The number of nitrogens with zero attached hydrogens (tertiary/aromatic N) is 3. The molecule has 2 aromatic heterocycles. The molecule has 2 heterocycles. The van der Waals surface area contributed by atoms with E-state index in [1.165, 1.54) is 45.9 Å². The molecule has 0 bridgehead atoms. The van der Waals surface area contributed by atoms with E-state index in [1.54, 1.807) is 12.1 Å². The quantitative estimate of drug-likeness (QED) is 0.708. The molecule has 0 aliphatic heterocycles. The molecule has 3 aromatic rings. The summed E-state index contributed by atoms with van der Waals surface area (Å²) in [5.41, 5.74) is 5.12. The molecule has 1 aromatic carbocycles. The molecular weight excluding hydrogens is 341 g/mol. The van der Waals surface area contributed by atoms with Gasteiger partial charge in [0.15, 0.2) is 0 Å². The van der Waals surface area contributed by atoms with Crippen molar-refractivity contribution in [1.29, 1.82) is 0 Å². The summed E-state index contributed by atoms with van der Waals surface area (Å²) in [4.78, 5) is 34.8. The van der Waals surface area contributed by atoms with Crippen LogP contribution in [-0.4, -0.2) is 26.2 Å². The van der Waals surface area contributed by atoms with Crippen LogP contribution < -0.4 is 16.6 Å². The number of benzene rings is 1. The number of amides is 2. The van der Waals surface area contributed by atoms with E-state index in [0.29, 0.717) is 5.69 Å². The molecule has 0 unspecified atom stereocenters. The lowest BCUT2D eigenvalue weighted by Gasteiger charge is -2.10. The third-order valence-corrected chi connectivity index (χ3v) is 3.53. The fourth-order valence-electron chi connectivity index (χ4n) is 2.31. The minimum atomic E-state index is -0.707. The Bertz CT molecular complexity index is 1040. The largest absolute Gasteiger partial charge is 0.364 e. The fourth-order valence-corrected chi connectivity index (χ4v) is 2.31. The van der Waals surface area contributed by atoms with Crippen molar-refractivity contribution in [2.45, 2.75) is 6.54 Å². The molecule has 0 radical (unpaired) electrons. The monoisotopic (exact) mass is 355 g/mol. The number of carbonyl (C=O) groups excluding carboxylic acids is 2. The van der Waals surface area contributed by atoms with Crippen molar-refractivity contribution in [1.82, 2.24) is 14.3 Å². The fraction of sp³-hybridized carbons (Fsp3) is 0.0588. The molecule has 26 heavy (non-hydrogen) atoms. The third kappa shape index (κ3) is 3.66. The summed E-state index contributed by atoms with van der Waals surface area (Å²) in [6.45, 7) is -0.216. The summed E-state index contributed by atoms with van der Waals surface area (Å²) < 4.78 is 16.8. The second-order valence-corrected chi connectivity index (χ2v) is 5.38. The summed E-state index contributed by atoms with van der Waals surface area (Å²) in [5, 5.41) is 6.24. The van der Waals surface area contributed by atoms with Crippen LogP contribution in [0.5, 0.6) is 0 Å². The van der Waals surface area contributed by atoms with Gasteiger partial charge in [0.25, 0.3) is 11.5 Å². The molecule has 0 spiro atoms. The second-order valence-electron chi connectivity index (χ2n) is 5.38. The third-order valence-electron chi connectivity index (χ3n) is 3.53. The van der Waals surface area contributed by atoms with E-state index in [9.17, 15) is 18.8 Å². The summed E-state index contributed by atoms with van der Waals surface area (Å²) in [6.07, 6.45) is 2.93. The predicted octanol–water partition coefficient (Wildman–Crippen LogP) is 0.911. The Balaban J connectivity index is 1.73. The maximum Gasteiger partial charge on any atom is 0.269 e. The van der Waals surface area contributed by atoms with Crippen LogP contribution in [0.4, 0.5) is 10.1 Å². The van der Waals surface area contributed by atoms with Gasteiger partial charge in [0.1, 0.15) is 18.1 Å². The number of nitrogens with one attached hydrogen (secondary N) is 1. The Morgan fingerprint density at radius 1 is 1.15 bits per heavy atom. The summed E-state index contributed by atoms with van der Waals surface area (Å²) in [7, 11) is 0. The van der Waals surface area contributed by atoms with Gasteiger partial charge in [-0.1, -0.05) is 6.07 Å². The summed E-state index contributed by atoms with van der Waals surface area (Å²) >= 11 is 0. The number of hydrogen-bond donors (Lipinski definition) is 2. The maximum atomic E-state index is 14.3. The molecule has 0 saturated carbocycles. The van der Waals surface area contributed by atoms with E-state index < -0.39 is 17.6 Å². The number of nitrogens with two attached hydrogens (primary N) is 1. The van der Waals surface area contributed by atoms with E-state index in [1.807, 2.05) is 0 Å². The number of hydrogen-bond acceptors (Lipinski definition) is 4. The Morgan fingerprint density at radius 2 is 1.96 bits per heavy atom. The van der Waals surface area contributed by atoms with Crippen molar-refractivity contribution in [3.63, 3.8) is 0 Å². The van der Waals surface area contributed by atoms with Gasteiger partial charge in [0.05, 0.1) is 11.4 Å². The van der Waals surface area contributed by atoms with Crippen LogP contribution in [0.15, 0.2) is 59.7 Å². The van der Waals surface area contributed by atoms with Crippen LogP contribution in [0, 0.1) is 5.82 Å². The van der Waals surface area contributed by atoms with Gasteiger partial charge in [-0.15, -0.1) is 0 Å². The predicted molar refractivity (Wildman–Crippen MR) is 91.4 cm³/mol. The van der Waals surface area contributed by atoms with Crippen molar-refractivity contribution in [3.8, 4) is 5.69 Å². The maximum absolute atomic E-state index is 14.3. The van der Waals surface area contributed by atoms with Crippen molar-refractivity contribution in [2.24, 2.45) is 5.73 Å². The van der Waals surface area contributed by atoms with Crippen LogP contribution >= 0.6 is 0 Å². The molecule has 0 fully saturated rings. The molecule has 0 atom stereocenters. The van der Waals surface area contributed by atoms with Crippen molar-refractivity contribution in [3.05, 3.63) is 76.7 Å². The molecule has 3 N–H and O–H groups in total. The van der Waals surface area contributed by atoms with Crippen LogP contribution in [0.2, 0.25) is 0 Å². The lowest BCUT2D eigenvalue weighted by molar-refractivity contribution is -0.116. The first-order valence-corrected chi connectivity index (χ1v) is 7.55. The van der Waals surface area contributed by atoms with E-state index >= 15 is 0 Å². The molecule has 8 nitrogen and oxygen atoms in total. The number of anilines is 1. The van der Waals surface area contributed by atoms with E-state index in [0.717, 1.165) is 6.07 Å². The van der Waals surface area contributed by atoms with Crippen molar-refractivity contribution in [2.75, 3.05) is 5.32 Å². The van der Waals surface area contributed by atoms with Gasteiger partial charge in [-0.2, -0.15) is 5.10 Å². The zero-order valence-corrected chi connectivity index (χ0v) is 13.4. The van der Waals surface area contributed by atoms with Gasteiger partial charge in [-0.05, 0) is 24.3 Å². The topological polar surface area (TPSA) is 112 Å². The van der Waals surface area contributed by atoms with Gasteiger partial charge in [0.2, 0.25) is 5.91 Å². The van der Waals surface area contributed by atoms with E-state index in [-0.39, 0.29) is 23.5 Å². The molecule has 0 saturated heterocycles. The average Bonchev–Trinajstić information content (AvgIpc) is 3.06. The van der Waals surface area contributed by atoms with E-state index in [2.05, 4.69) is 10.4 Å². The Hall–Kier alpha value is -3.75. The number of pyridine rings is 1. The zero-order valence-electron chi connectivity index (χ0n) is 13.4. The van der Waals surface area contributed by atoms with Gasteiger partial charge in [-0.3, -0.25) is 23.6 Å². The first-order valence-electron chi connectivity index (χ1n) is 7.55. The lowest BCUT2D eigenvalue weighted by Crippen LogP contribution is -2.21. The molecule has 2 amide bonds. The Labute approximate surface area is 146 Å². The van der Waals surface area contributed by atoms with Gasteiger partial charge in [-0.25, -0.2) is 4.39 Å². The first kappa shape index (κ1) is 17.1. The summed E-state index contributed by atoms with van der Waals surface area (Å²) in [5.74, 6) is -1.93. The van der Waals surface area contributed by atoms with Crippen LogP contribution in [0.1, 0.15) is 10.5 Å². The molecule has 0 aliphatic rings. The summed E-state index contributed by atoms with van der Waals surface area (Å²) in [6, 6.07) is 10.00. The lowest BCUT2D eigenvalue weighted by atomic mass is 10.2. The Kier molecular flexibility index (Phi) is 4.61. The highest BCUT2D eigenvalue weighted by Crippen LogP contribution is 2.17. The van der Waals surface area contributed by atoms with Crippen LogP contribution in [0.25, 0.3) is 5.69 Å². The van der Waals surface area contributed by atoms with Crippen LogP contribution in [-0.2, 0) is 11.3 Å². The van der Waals surface area contributed by atoms with Crippen molar-refractivity contribution < 1.29 is 14.0 Å². The van der Waals surface area contributed by atoms with Gasteiger partial charge < -0.3 is 11.1 Å².